The Labute approximate surface area is 151 Å². The van der Waals surface area contributed by atoms with Crippen molar-refractivity contribution < 1.29 is 4.79 Å². The molecule has 1 saturated carbocycles. The molecule has 3 rings (SSSR count). The van der Waals surface area contributed by atoms with Crippen LogP contribution < -0.4 is 5.32 Å². The highest BCUT2D eigenvalue weighted by molar-refractivity contribution is 5.81. The predicted molar refractivity (Wildman–Crippen MR) is 102 cm³/mol. The molecule has 0 aliphatic heterocycles. The first-order valence-corrected chi connectivity index (χ1v) is 9.32. The highest BCUT2D eigenvalue weighted by Gasteiger charge is 2.34. The van der Waals surface area contributed by atoms with E-state index in [9.17, 15) is 4.79 Å². The Kier molecular flexibility index (Phi) is 5.87. The largest absolute Gasteiger partial charge is 0.337 e. The molecule has 0 radical (unpaired) electrons. The molecule has 2 aromatic rings. The van der Waals surface area contributed by atoms with Crippen LogP contribution in [0, 0.1) is 5.92 Å². The second-order valence-corrected chi connectivity index (χ2v) is 6.95. The van der Waals surface area contributed by atoms with Crippen molar-refractivity contribution in [2.45, 2.75) is 45.3 Å². The van der Waals surface area contributed by atoms with Gasteiger partial charge in [-0.25, -0.2) is 0 Å². The van der Waals surface area contributed by atoms with Crippen molar-refractivity contribution in [2.24, 2.45) is 5.92 Å². The average Bonchev–Trinajstić information content (AvgIpc) is 3.50. The molecule has 0 spiro atoms. The van der Waals surface area contributed by atoms with E-state index in [-0.39, 0.29) is 18.0 Å². The minimum Gasteiger partial charge on any atom is -0.337 e. The Hall–Kier alpha value is -2.13. The van der Waals surface area contributed by atoms with Crippen molar-refractivity contribution >= 4 is 5.91 Å². The first-order chi connectivity index (χ1) is 12.2. The summed E-state index contributed by atoms with van der Waals surface area (Å²) < 4.78 is 0. The third-order valence-corrected chi connectivity index (χ3v) is 4.96. The smallest absolute Gasteiger partial charge is 0.239 e. The summed E-state index contributed by atoms with van der Waals surface area (Å²) in [6.45, 7) is 5.43. The van der Waals surface area contributed by atoms with Crippen LogP contribution in [0.1, 0.15) is 43.9 Å². The number of benzene rings is 2. The second kappa shape index (κ2) is 8.30. The minimum atomic E-state index is -0.186. The van der Waals surface area contributed by atoms with Gasteiger partial charge in [-0.15, -0.1) is 0 Å². The molecule has 1 N–H and O–H groups in total. The molecular formula is C22H28N2O. The molecule has 1 aliphatic rings. The Bertz CT molecular complexity index is 667. The molecule has 3 heteroatoms. The lowest BCUT2D eigenvalue weighted by Gasteiger charge is -2.28. The van der Waals surface area contributed by atoms with Gasteiger partial charge in [-0.2, -0.15) is 0 Å². The number of nitrogens with zero attached hydrogens (tertiary/aromatic N) is 1. The first kappa shape index (κ1) is 17.7. The molecule has 3 nitrogen and oxygen atoms in total. The van der Waals surface area contributed by atoms with E-state index < -0.39 is 0 Å². The summed E-state index contributed by atoms with van der Waals surface area (Å²) in [6, 6.07) is 20.8. The number of rotatable bonds is 8. The van der Waals surface area contributed by atoms with Crippen molar-refractivity contribution in [1.29, 1.82) is 0 Å². The summed E-state index contributed by atoms with van der Waals surface area (Å²) in [7, 11) is 0. The molecule has 1 amide bonds. The van der Waals surface area contributed by atoms with Crippen molar-refractivity contribution in [3.05, 3.63) is 71.8 Å². The molecule has 25 heavy (non-hydrogen) atoms. The van der Waals surface area contributed by atoms with Crippen molar-refractivity contribution in [3.63, 3.8) is 0 Å². The fraction of sp³-hybridized carbons (Fsp3) is 0.409. The predicted octanol–water partition coefficient (Wildman–Crippen LogP) is 4.16. The van der Waals surface area contributed by atoms with E-state index in [4.69, 9.17) is 0 Å². The summed E-state index contributed by atoms with van der Waals surface area (Å²) in [4.78, 5) is 14.9. The van der Waals surface area contributed by atoms with Gasteiger partial charge in [0.25, 0.3) is 0 Å². The zero-order valence-electron chi connectivity index (χ0n) is 15.2. The van der Waals surface area contributed by atoms with Crippen LogP contribution in [-0.2, 0) is 11.3 Å². The lowest BCUT2D eigenvalue weighted by Crippen LogP contribution is -2.46. The molecule has 2 unspecified atom stereocenters. The van der Waals surface area contributed by atoms with Gasteiger partial charge in [0.05, 0.1) is 6.04 Å². The zero-order chi connectivity index (χ0) is 17.6. The van der Waals surface area contributed by atoms with Crippen LogP contribution in [0.3, 0.4) is 0 Å². The maximum absolute atomic E-state index is 13.0. The first-order valence-electron chi connectivity index (χ1n) is 9.32. The van der Waals surface area contributed by atoms with Crippen LogP contribution >= 0.6 is 0 Å². The van der Waals surface area contributed by atoms with Gasteiger partial charge in [0.1, 0.15) is 0 Å². The topological polar surface area (TPSA) is 32.3 Å². The van der Waals surface area contributed by atoms with Gasteiger partial charge in [0.2, 0.25) is 5.91 Å². The van der Waals surface area contributed by atoms with Gasteiger partial charge in [0, 0.05) is 19.1 Å². The lowest BCUT2D eigenvalue weighted by molar-refractivity contribution is -0.133. The summed E-state index contributed by atoms with van der Waals surface area (Å²) in [5.74, 6) is 0.829. The number of hydrogen-bond acceptors (Lipinski definition) is 2. The molecule has 1 fully saturated rings. The fourth-order valence-electron chi connectivity index (χ4n) is 3.36. The molecular weight excluding hydrogens is 308 g/mol. The maximum Gasteiger partial charge on any atom is 0.239 e. The molecule has 0 bridgehead atoms. The Morgan fingerprint density at radius 1 is 1.08 bits per heavy atom. The molecule has 2 atom stereocenters. The van der Waals surface area contributed by atoms with Crippen LogP contribution in [0.15, 0.2) is 60.7 Å². The summed E-state index contributed by atoms with van der Waals surface area (Å²) >= 11 is 0. The summed E-state index contributed by atoms with van der Waals surface area (Å²) in [5.41, 5.74) is 2.46. The molecule has 2 aromatic carbocycles. The number of hydrogen-bond donors (Lipinski definition) is 1. The number of amides is 1. The second-order valence-electron chi connectivity index (χ2n) is 6.95. The molecule has 0 aromatic heterocycles. The Balaban J connectivity index is 1.65. The zero-order valence-corrected chi connectivity index (χ0v) is 15.2. The van der Waals surface area contributed by atoms with E-state index in [0.717, 1.165) is 6.54 Å². The van der Waals surface area contributed by atoms with Gasteiger partial charge in [0.15, 0.2) is 0 Å². The van der Waals surface area contributed by atoms with Gasteiger partial charge < -0.3 is 4.90 Å². The van der Waals surface area contributed by atoms with Crippen molar-refractivity contribution in [2.75, 3.05) is 6.54 Å². The summed E-state index contributed by atoms with van der Waals surface area (Å²) in [5, 5.41) is 3.60. The highest BCUT2D eigenvalue weighted by Crippen LogP contribution is 2.41. The number of carbonyl (C=O) groups is 1. The van der Waals surface area contributed by atoms with Crippen LogP contribution in [-0.4, -0.2) is 23.4 Å². The molecule has 0 heterocycles. The average molecular weight is 336 g/mol. The van der Waals surface area contributed by atoms with E-state index in [1.54, 1.807) is 0 Å². The normalized spacial score (nSPS) is 16.2. The van der Waals surface area contributed by atoms with E-state index in [1.807, 2.05) is 43.0 Å². The number of nitrogens with one attached hydrogen (secondary N) is 1. The summed E-state index contributed by atoms with van der Waals surface area (Å²) in [6.07, 6.45) is 2.49. The third kappa shape index (κ3) is 4.70. The van der Waals surface area contributed by atoms with Gasteiger partial charge in [-0.05, 0) is 43.7 Å². The van der Waals surface area contributed by atoms with Gasteiger partial charge in [-0.1, -0.05) is 60.7 Å². The SMILES string of the molecule is CCN(Cc1ccccc1)C(=O)C(C)NC(c1ccccc1)C1CC1. The Morgan fingerprint density at radius 3 is 2.24 bits per heavy atom. The quantitative estimate of drug-likeness (QED) is 0.785. The minimum absolute atomic E-state index is 0.174. The lowest BCUT2D eigenvalue weighted by atomic mass is 10.0. The molecule has 1 aliphatic carbocycles. The number of likely N-dealkylation sites (N-methyl/N-ethyl adjacent to an activating group) is 1. The van der Waals surface area contributed by atoms with Crippen molar-refractivity contribution in [3.8, 4) is 0 Å². The van der Waals surface area contributed by atoms with E-state index >= 15 is 0 Å². The van der Waals surface area contributed by atoms with Crippen LogP contribution in [0.5, 0.6) is 0 Å². The maximum atomic E-state index is 13.0. The van der Waals surface area contributed by atoms with Crippen LogP contribution in [0.4, 0.5) is 0 Å². The van der Waals surface area contributed by atoms with E-state index in [2.05, 4.69) is 41.7 Å². The van der Waals surface area contributed by atoms with Crippen molar-refractivity contribution in [1.82, 2.24) is 10.2 Å². The van der Waals surface area contributed by atoms with Crippen LogP contribution in [0.25, 0.3) is 0 Å². The monoisotopic (exact) mass is 336 g/mol. The Morgan fingerprint density at radius 2 is 1.68 bits per heavy atom. The van der Waals surface area contributed by atoms with E-state index in [0.29, 0.717) is 12.5 Å². The number of carbonyl (C=O) groups excluding carboxylic acids is 1. The van der Waals surface area contributed by atoms with Crippen LogP contribution in [0.2, 0.25) is 0 Å². The fourth-order valence-corrected chi connectivity index (χ4v) is 3.36. The van der Waals surface area contributed by atoms with Gasteiger partial charge in [-0.3, -0.25) is 10.1 Å². The van der Waals surface area contributed by atoms with Gasteiger partial charge >= 0.3 is 0 Å². The molecule has 0 saturated heterocycles. The highest BCUT2D eigenvalue weighted by atomic mass is 16.2. The third-order valence-electron chi connectivity index (χ3n) is 4.96. The van der Waals surface area contributed by atoms with E-state index in [1.165, 1.54) is 24.0 Å². The molecule has 132 valence electrons. The standard InChI is InChI=1S/C22H28N2O/c1-3-24(16-18-10-6-4-7-11-18)22(25)17(2)23-21(20-14-15-20)19-12-8-5-9-13-19/h4-13,17,20-21,23H,3,14-16H2,1-2H3.